The molecule has 0 aromatic carbocycles. The van der Waals surface area contributed by atoms with E-state index in [0.29, 0.717) is 0 Å². The maximum atomic E-state index is 9.97. The van der Waals surface area contributed by atoms with Crippen LogP contribution in [0.4, 0.5) is 0 Å². The van der Waals surface area contributed by atoms with Crippen LogP contribution in [0.25, 0.3) is 0 Å². The zero-order valence-electron chi connectivity index (χ0n) is 7.96. The lowest BCUT2D eigenvalue weighted by Crippen LogP contribution is -2.22. The average Bonchev–Trinajstić information content (AvgIpc) is 2.07. The molecule has 0 radical (unpaired) electrons. The van der Waals surface area contributed by atoms with Crippen molar-refractivity contribution >= 4 is 21.9 Å². The van der Waals surface area contributed by atoms with E-state index in [0.717, 1.165) is 0 Å². The highest BCUT2D eigenvalue weighted by atomic mass is 79.9. The Kier molecular flexibility index (Phi) is 16.4. The van der Waals surface area contributed by atoms with Crippen LogP contribution in [0.3, 0.4) is 0 Å². The molecule has 13 heavy (non-hydrogen) atoms. The van der Waals surface area contributed by atoms with Gasteiger partial charge in [-0.2, -0.15) is 0 Å². The van der Waals surface area contributed by atoms with Crippen LogP contribution in [0.15, 0.2) is 13.2 Å². The molecule has 0 fully saturated rings. The zero-order chi connectivity index (χ0) is 11.5. The van der Waals surface area contributed by atoms with E-state index in [2.05, 4.69) is 29.1 Å². The minimum atomic E-state index is -0.840. The van der Waals surface area contributed by atoms with Crippen LogP contribution in [0, 0.1) is 0 Å². The first-order chi connectivity index (χ1) is 5.86. The molecule has 4 nitrogen and oxygen atoms in total. The van der Waals surface area contributed by atoms with Crippen LogP contribution in [0.5, 0.6) is 0 Å². The first-order valence-electron chi connectivity index (χ1n) is 3.50. The summed E-state index contributed by atoms with van der Waals surface area (Å²) in [5, 5.41) is 23.5. The first kappa shape index (κ1) is 18.4. The molecule has 80 valence electrons. The molecule has 0 heterocycles. The smallest absolute Gasteiger partial charge is 0.319 e. The Labute approximate surface area is 87.0 Å². The molecular weight excluding hydrogens is 240 g/mol. The molecule has 0 aliphatic rings. The van der Waals surface area contributed by atoms with Crippen LogP contribution in [0.1, 0.15) is 13.8 Å². The standard InChI is InChI=1S/C4H7BrO2.C2H6O2.C2H4/c1-4(2,5)3(6)7;3-1-2-4;1-2/h1-2H3,(H,6,7);3-4H,1-2H2;1-2H2. The van der Waals surface area contributed by atoms with E-state index < -0.39 is 10.3 Å². The maximum Gasteiger partial charge on any atom is 0.319 e. The average molecular weight is 257 g/mol. The SMILES string of the molecule is C=C.CC(C)(Br)C(=O)O.OCCO. The van der Waals surface area contributed by atoms with Crippen LogP contribution in [0.2, 0.25) is 0 Å². The fourth-order valence-corrected chi connectivity index (χ4v) is 0. The summed E-state index contributed by atoms with van der Waals surface area (Å²) < 4.78 is -0.771. The fourth-order valence-electron chi connectivity index (χ4n) is 0. The topological polar surface area (TPSA) is 77.8 Å². The monoisotopic (exact) mass is 256 g/mol. The van der Waals surface area contributed by atoms with E-state index >= 15 is 0 Å². The van der Waals surface area contributed by atoms with Gasteiger partial charge in [0.1, 0.15) is 4.32 Å². The highest BCUT2D eigenvalue weighted by Gasteiger charge is 2.21. The number of alkyl halides is 1. The third-order valence-electron chi connectivity index (χ3n) is 0.609. The second-order valence-corrected chi connectivity index (χ2v) is 4.21. The van der Waals surface area contributed by atoms with E-state index in [1.165, 1.54) is 0 Å². The Balaban J connectivity index is -0.000000142. The second kappa shape index (κ2) is 11.6. The van der Waals surface area contributed by atoms with E-state index in [1.54, 1.807) is 13.8 Å². The van der Waals surface area contributed by atoms with E-state index in [-0.39, 0.29) is 13.2 Å². The molecule has 0 unspecified atom stereocenters. The third kappa shape index (κ3) is 24.5. The summed E-state index contributed by atoms with van der Waals surface area (Å²) in [6, 6.07) is 0. The number of carboxylic acids is 1. The molecule has 0 aromatic rings. The number of rotatable bonds is 2. The molecule has 0 spiro atoms. The number of carbonyl (C=O) groups is 1. The second-order valence-electron chi connectivity index (χ2n) is 2.22. The number of carboxylic acid groups (broad SMARTS) is 1. The Hall–Kier alpha value is -0.390. The van der Waals surface area contributed by atoms with Gasteiger partial charge >= 0.3 is 5.97 Å². The molecule has 0 saturated carbocycles. The molecular formula is C8H17BrO4. The Bertz CT molecular complexity index is 118. The van der Waals surface area contributed by atoms with Crippen LogP contribution in [-0.2, 0) is 4.79 Å². The van der Waals surface area contributed by atoms with Crippen molar-refractivity contribution in [3.63, 3.8) is 0 Å². The van der Waals surface area contributed by atoms with E-state index in [9.17, 15) is 4.79 Å². The lowest BCUT2D eigenvalue weighted by Gasteiger charge is -2.06. The van der Waals surface area contributed by atoms with E-state index in [1.807, 2.05) is 0 Å². The number of hydrogen-bond donors (Lipinski definition) is 3. The van der Waals surface area contributed by atoms with Crippen molar-refractivity contribution in [2.45, 2.75) is 18.2 Å². The van der Waals surface area contributed by atoms with Gasteiger partial charge in [0.05, 0.1) is 13.2 Å². The molecule has 0 aromatic heterocycles. The first-order valence-corrected chi connectivity index (χ1v) is 4.29. The van der Waals surface area contributed by atoms with Gasteiger partial charge < -0.3 is 15.3 Å². The van der Waals surface area contributed by atoms with Crippen molar-refractivity contribution in [1.29, 1.82) is 0 Å². The highest BCUT2D eigenvalue weighted by molar-refractivity contribution is 9.10. The molecule has 0 rings (SSSR count). The number of aliphatic carboxylic acids is 1. The van der Waals surface area contributed by atoms with Crippen molar-refractivity contribution < 1.29 is 20.1 Å². The predicted octanol–water partition coefficient (Wildman–Crippen LogP) is 1.02. The maximum absolute atomic E-state index is 9.97. The van der Waals surface area contributed by atoms with Gasteiger partial charge in [-0.1, -0.05) is 15.9 Å². The summed E-state index contributed by atoms with van der Waals surface area (Å²) in [5.41, 5.74) is 0. The molecule has 0 aliphatic carbocycles. The molecule has 5 heteroatoms. The summed E-state index contributed by atoms with van der Waals surface area (Å²) in [7, 11) is 0. The summed E-state index contributed by atoms with van der Waals surface area (Å²) >= 11 is 2.94. The number of hydrogen-bond acceptors (Lipinski definition) is 3. The van der Waals surface area contributed by atoms with Gasteiger partial charge in [0.2, 0.25) is 0 Å². The van der Waals surface area contributed by atoms with Crippen molar-refractivity contribution in [2.24, 2.45) is 0 Å². The fraction of sp³-hybridized carbons (Fsp3) is 0.625. The minimum absolute atomic E-state index is 0.125. The highest BCUT2D eigenvalue weighted by Crippen LogP contribution is 2.14. The number of aliphatic hydroxyl groups is 2. The molecule has 3 N–H and O–H groups in total. The molecule has 0 saturated heterocycles. The summed E-state index contributed by atoms with van der Waals surface area (Å²) in [6.45, 7) is 8.91. The van der Waals surface area contributed by atoms with Gasteiger partial charge in [0, 0.05) is 0 Å². The number of halogens is 1. The molecule has 0 atom stereocenters. The zero-order valence-corrected chi connectivity index (χ0v) is 9.54. The molecule has 0 bridgehead atoms. The van der Waals surface area contributed by atoms with Crippen molar-refractivity contribution in [1.82, 2.24) is 0 Å². The van der Waals surface area contributed by atoms with Crippen LogP contribution >= 0.6 is 15.9 Å². The summed E-state index contributed by atoms with van der Waals surface area (Å²) in [4.78, 5) is 9.97. The largest absolute Gasteiger partial charge is 0.480 e. The molecule has 0 amide bonds. The molecule has 0 aliphatic heterocycles. The van der Waals surface area contributed by atoms with Gasteiger partial charge in [-0.3, -0.25) is 4.79 Å². The third-order valence-corrected chi connectivity index (χ3v) is 0.948. The minimum Gasteiger partial charge on any atom is -0.480 e. The Morgan fingerprint density at radius 2 is 1.46 bits per heavy atom. The quantitative estimate of drug-likeness (QED) is 0.509. The van der Waals surface area contributed by atoms with Gasteiger partial charge in [0.25, 0.3) is 0 Å². The van der Waals surface area contributed by atoms with Crippen molar-refractivity contribution in [3.05, 3.63) is 13.2 Å². The van der Waals surface area contributed by atoms with Gasteiger partial charge in [-0.05, 0) is 13.8 Å². The summed E-state index contributed by atoms with van der Waals surface area (Å²) in [6.07, 6.45) is 0. The Morgan fingerprint density at radius 3 is 1.46 bits per heavy atom. The van der Waals surface area contributed by atoms with Crippen molar-refractivity contribution in [3.8, 4) is 0 Å². The predicted molar refractivity (Wildman–Crippen MR) is 56.1 cm³/mol. The van der Waals surface area contributed by atoms with Gasteiger partial charge in [0.15, 0.2) is 0 Å². The van der Waals surface area contributed by atoms with E-state index in [4.69, 9.17) is 15.3 Å². The van der Waals surface area contributed by atoms with Crippen LogP contribution < -0.4 is 0 Å². The lowest BCUT2D eigenvalue weighted by molar-refractivity contribution is -0.138. The number of aliphatic hydroxyl groups excluding tert-OH is 2. The van der Waals surface area contributed by atoms with Gasteiger partial charge in [-0.15, -0.1) is 13.2 Å². The normalized spacial score (nSPS) is 8.69. The van der Waals surface area contributed by atoms with Gasteiger partial charge in [-0.25, -0.2) is 0 Å². The summed E-state index contributed by atoms with van der Waals surface area (Å²) in [5.74, 6) is -0.840. The Morgan fingerprint density at radius 1 is 1.31 bits per heavy atom. The van der Waals surface area contributed by atoms with Crippen molar-refractivity contribution in [2.75, 3.05) is 13.2 Å². The lowest BCUT2D eigenvalue weighted by atomic mass is 10.2. The van der Waals surface area contributed by atoms with Crippen LogP contribution in [-0.4, -0.2) is 38.8 Å².